The molecule has 0 saturated heterocycles. The first-order valence-electron chi connectivity index (χ1n) is 17.3. The Bertz CT molecular complexity index is 2530. The third-order valence-electron chi connectivity index (χ3n) is 9.16. The minimum absolute atomic E-state index is 0.561. The van der Waals surface area contributed by atoms with Crippen molar-refractivity contribution < 1.29 is 4.74 Å². The predicted molar refractivity (Wildman–Crippen MR) is 214 cm³/mol. The summed E-state index contributed by atoms with van der Waals surface area (Å²) in [7, 11) is 0. The lowest BCUT2D eigenvalue weighted by Crippen LogP contribution is -1.99. The molecule has 0 unspecified atom stereocenters. The van der Waals surface area contributed by atoms with Crippen LogP contribution in [0.5, 0.6) is 11.5 Å². The molecule has 0 radical (unpaired) electrons. The second kappa shape index (κ2) is 14.5. The lowest BCUT2D eigenvalue weighted by molar-refractivity contribution is 0.479. The van der Waals surface area contributed by atoms with Gasteiger partial charge < -0.3 is 4.74 Å². The second-order valence-electron chi connectivity index (χ2n) is 12.7. The second-order valence-corrected chi connectivity index (χ2v) is 12.7. The van der Waals surface area contributed by atoms with Gasteiger partial charge in [0.05, 0.1) is 6.54 Å². The normalized spacial score (nSPS) is 11.7. The molecule has 0 N–H and O–H groups in total. The fraction of sp³-hybridized carbons (Fsp3) is 0.0417. The van der Waals surface area contributed by atoms with Gasteiger partial charge in [-0.05, 0) is 104 Å². The molecule has 8 aromatic carbocycles. The molecular weight excluding hydrogens is 621 g/mol. The van der Waals surface area contributed by atoms with E-state index in [2.05, 4.69) is 116 Å². The molecule has 244 valence electrons. The standard InChI is InChI=1S/C48H36N2O/c1-34-28-39(38-20-13-21-40(30-38)46-31-41-19-8-9-23-43(41)44-24-10-11-25-45(44)46)26-27-47(34)51-42-22-12-16-36(29-42)33-50-48(37-17-6-3-7-18-37)49-32-35-14-4-2-5-15-35/h2-31,33H,32H2,1H3. The van der Waals surface area contributed by atoms with Gasteiger partial charge in [-0.15, -0.1) is 0 Å². The number of aryl methyl sites for hydroxylation is 1. The summed E-state index contributed by atoms with van der Waals surface area (Å²) in [6.07, 6.45) is 1.85. The molecule has 3 nitrogen and oxygen atoms in total. The summed E-state index contributed by atoms with van der Waals surface area (Å²) in [5.74, 6) is 2.26. The first-order valence-corrected chi connectivity index (χ1v) is 17.3. The predicted octanol–water partition coefficient (Wildman–Crippen LogP) is 12.5. The highest BCUT2D eigenvalue weighted by Crippen LogP contribution is 2.37. The van der Waals surface area contributed by atoms with Crippen molar-refractivity contribution in [3.05, 3.63) is 204 Å². The van der Waals surface area contributed by atoms with E-state index >= 15 is 0 Å². The first kappa shape index (κ1) is 31.7. The maximum Gasteiger partial charge on any atom is 0.154 e. The van der Waals surface area contributed by atoms with Gasteiger partial charge in [0.1, 0.15) is 11.5 Å². The minimum Gasteiger partial charge on any atom is -0.457 e. The van der Waals surface area contributed by atoms with E-state index in [0.29, 0.717) is 12.4 Å². The topological polar surface area (TPSA) is 34.0 Å². The van der Waals surface area contributed by atoms with Crippen molar-refractivity contribution in [1.82, 2.24) is 0 Å². The zero-order valence-electron chi connectivity index (χ0n) is 28.4. The molecule has 0 amide bonds. The largest absolute Gasteiger partial charge is 0.457 e. The van der Waals surface area contributed by atoms with Gasteiger partial charge >= 0.3 is 0 Å². The van der Waals surface area contributed by atoms with Crippen LogP contribution in [0.3, 0.4) is 0 Å². The molecule has 0 fully saturated rings. The smallest absolute Gasteiger partial charge is 0.154 e. The third-order valence-corrected chi connectivity index (χ3v) is 9.16. The Balaban J connectivity index is 1.03. The van der Waals surface area contributed by atoms with Crippen LogP contribution >= 0.6 is 0 Å². The van der Waals surface area contributed by atoms with E-state index in [4.69, 9.17) is 14.7 Å². The molecule has 51 heavy (non-hydrogen) atoms. The minimum atomic E-state index is 0.561. The first-order chi connectivity index (χ1) is 25.2. The molecule has 0 aromatic heterocycles. The molecule has 0 aliphatic rings. The average molecular weight is 657 g/mol. The summed E-state index contributed by atoms with van der Waals surface area (Å²) in [5, 5.41) is 5.06. The summed E-state index contributed by atoms with van der Waals surface area (Å²) in [4.78, 5) is 9.67. The summed E-state index contributed by atoms with van der Waals surface area (Å²) in [6, 6.07) is 63.2. The maximum atomic E-state index is 6.43. The number of benzene rings is 8. The van der Waals surface area contributed by atoms with Crippen LogP contribution in [0, 0.1) is 6.92 Å². The molecule has 0 spiro atoms. The Labute approximate surface area is 298 Å². The Morgan fingerprint density at radius 1 is 0.549 bits per heavy atom. The van der Waals surface area contributed by atoms with E-state index in [0.717, 1.165) is 39.3 Å². The number of ether oxygens (including phenoxy) is 1. The molecule has 0 bridgehead atoms. The molecule has 0 aliphatic heterocycles. The highest BCUT2D eigenvalue weighted by atomic mass is 16.5. The van der Waals surface area contributed by atoms with Crippen LogP contribution in [-0.2, 0) is 6.54 Å². The van der Waals surface area contributed by atoms with E-state index in [1.54, 1.807) is 0 Å². The molecule has 3 heteroatoms. The summed E-state index contributed by atoms with van der Waals surface area (Å²) in [6.45, 7) is 2.66. The molecule has 8 aromatic rings. The van der Waals surface area contributed by atoms with Gasteiger partial charge in [0.2, 0.25) is 0 Å². The Kier molecular flexibility index (Phi) is 9.00. The van der Waals surface area contributed by atoms with Crippen LogP contribution in [0.15, 0.2) is 192 Å². The van der Waals surface area contributed by atoms with Crippen molar-refractivity contribution in [2.24, 2.45) is 9.98 Å². The van der Waals surface area contributed by atoms with Crippen molar-refractivity contribution >= 4 is 33.6 Å². The van der Waals surface area contributed by atoms with Crippen molar-refractivity contribution in [3.8, 4) is 33.8 Å². The van der Waals surface area contributed by atoms with Gasteiger partial charge in [0.25, 0.3) is 0 Å². The number of nitrogens with zero attached hydrogens (tertiary/aromatic N) is 2. The van der Waals surface area contributed by atoms with Gasteiger partial charge in [-0.2, -0.15) is 0 Å². The molecule has 0 heterocycles. The third kappa shape index (κ3) is 7.10. The zero-order valence-corrected chi connectivity index (χ0v) is 28.4. The van der Waals surface area contributed by atoms with Crippen LogP contribution in [0.4, 0.5) is 0 Å². The highest BCUT2D eigenvalue weighted by molar-refractivity contribution is 6.13. The lowest BCUT2D eigenvalue weighted by atomic mass is 9.91. The van der Waals surface area contributed by atoms with Gasteiger partial charge in [-0.25, -0.2) is 4.99 Å². The van der Waals surface area contributed by atoms with Crippen molar-refractivity contribution in [2.75, 3.05) is 0 Å². The number of hydrogen-bond acceptors (Lipinski definition) is 2. The monoisotopic (exact) mass is 656 g/mol. The van der Waals surface area contributed by atoms with Crippen LogP contribution < -0.4 is 4.74 Å². The SMILES string of the molecule is Cc1cc(-c2cccc(-c3cc4ccccc4c4ccccc34)c2)ccc1Oc1cccc(C=NC(=NCc2ccccc2)c2ccccc2)c1. The molecule has 8 rings (SSSR count). The Hall–Kier alpha value is -6.58. The number of rotatable bonds is 8. The van der Waals surface area contributed by atoms with Gasteiger partial charge in [0, 0.05) is 11.8 Å². The van der Waals surface area contributed by atoms with Crippen LogP contribution in [-0.4, -0.2) is 12.1 Å². The van der Waals surface area contributed by atoms with Crippen LogP contribution in [0.2, 0.25) is 0 Å². The van der Waals surface area contributed by atoms with E-state index in [-0.39, 0.29) is 0 Å². The molecule has 0 saturated carbocycles. The van der Waals surface area contributed by atoms with Gasteiger partial charge in [0.15, 0.2) is 5.84 Å². The quantitative estimate of drug-likeness (QED) is 0.0910. The van der Waals surface area contributed by atoms with E-state index < -0.39 is 0 Å². The molecule has 0 atom stereocenters. The van der Waals surface area contributed by atoms with Gasteiger partial charge in [-0.3, -0.25) is 4.99 Å². The van der Waals surface area contributed by atoms with Crippen molar-refractivity contribution in [2.45, 2.75) is 13.5 Å². The maximum absolute atomic E-state index is 6.43. The number of hydrogen-bond donors (Lipinski definition) is 0. The van der Waals surface area contributed by atoms with Crippen molar-refractivity contribution in [3.63, 3.8) is 0 Å². The van der Waals surface area contributed by atoms with Crippen molar-refractivity contribution in [1.29, 1.82) is 0 Å². The molecule has 0 aliphatic carbocycles. The highest BCUT2D eigenvalue weighted by Gasteiger charge is 2.11. The van der Waals surface area contributed by atoms with E-state index in [1.165, 1.54) is 38.2 Å². The summed E-state index contributed by atoms with van der Waals surface area (Å²) >= 11 is 0. The fourth-order valence-electron chi connectivity index (χ4n) is 6.57. The number of amidine groups is 1. The van der Waals surface area contributed by atoms with Gasteiger partial charge in [-0.1, -0.05) is 146 Å². The average Bonchev–Trinajstić information content (AvgIpc) is 3.19. The van der Waals surface area contributed by atoms with E-state index in [1.807, 2.05) is 79.0 Å². The number of fused-ring (bicyclic) bond motifs is 3. The molecular formula is C48H36N2O. The Morgan fingerprint density at radius 2 is 1.24 bits per heavy atom. The van der Waals surface area contributed by atoms with E-state index in [9.17, 15) is 0 Å². The summed E-state index contributed by atoms with van der Waals surface area (Å²) < 4.78 is 6.43. The summed E-state index contributed by atoms with van der Waals surface area (Å²) in [5.41, 5.74) is 8.87. The fourth-order valence-corrected chi connectivity index (χ4v) is 6.57. The zero-order chi connectivity index (χ0) is 34.4. The van der Waals surface area contributed by atoms with Crippen LogP contribution in [0.25, 0.3) is 43.8 Å². The Morgan fingerprint density at radius 3 is 2.06 bits per heavy atom. The lowest BCUT2D eigenvalue weighted by Gasteiger charge is -2.13. The number of aliphatic imine (C=N–C) groups is 2. The van der Waals surface area contributed by atoms with Crippen LogP contribution in [0.1, 0.15) is 22.3 Å².